The van der Waals surface area contributed by atoms with Gasteiger partial charge in [0.15, 0.2) is 0 Å². The molecule has 25 heavy (non-hydrogen) atoms. The molecule has 2 saturated carbocycles. The van der Waals surface area contributed by atoms with Crippen LogP contribution in [0.25, 0.3) is 0 Å². The first-order chi connectivity index (χ1) is 11.9. The van der Waals surface area contributed by atoms with Crippen molar-refractivity contribution in [2.24, 2.45) is 17.3 Å². The lowest BCUT2D eigenvalue weighted by molar-refractivity contribution is 0.0715. The van der Waals surface area contributed by atoms with Crippen molar-refractivity contribution in [3.63, 3.8) is 0 Å². The number of nitrogens with one attached hydrogen (secondary N) is 1. The number of aliphatic hydroxyl groups excluding tert-OH is 2. The van der Waals surface area contributed by atoms with Gasteiger partial charge in [0.1, 0.15) is 5.82 Å². The molecule has 2 aliphatic carbocycles. The van der Waals surface area contributed by atoms with Gasteiger partial charge in [-0.25, -0.2) is 9.97 Å². The average molecular weight is 348 g/mol. The van der Waals surface area contributed by atoms with Crippen LogP contribution in [0.5, 0.6) is 0 Å². The minimum absolute atomic E-state index is 0.0316. The fourth-order valence-corrected chi connectivity index (χ4v) is 3.92. The predicted octanol–water partition coefficient (Wildman–Crippen LogP) is 2.28. The Bertz CT molecular complexity index is 568. The number of hydrogen-bond donors (Lipinski definition) is 3. The van der Waals surface area contributed by atoms with Gasteiger partial charge in [0, 0.05) is 36.4 Å². The van der Waals surface area contributed by atoms with Crippen molar-refractivity contribution in [3.05, 3.63) is 23.8 Å². The summed E-state index contributed by atoms with van der Waals surface area (Å²) in [5, 5.41) is 23.8. The van der Waals surface area contributed by atoms with Gasteiger partial charge in [0.2, 0.25) is 0 Å². The van der Waals surface area contributed by atoms with Crippen molar-refractivity contribution in [2.45, 2.75) is 70.9 Å². The summed E-state index contributed by atoms with van der Waals surface area (Å²) in [5.74, 6) is 1.64. The van der Waals surface area contributed by atoms with Crippen LogP contribution in [0, 0.1) is 17.3 Å². The zero-order valence-corrected chi connectivity index (χ0v) is 15.8. The van der Waals surface area contributed by atoms with E-state index in [9.17, 15) is 10.2 Å². The SMILES string of the molecule is CC(C)(C)CCN[C@@H]1C[C@@H](O)[C@H](CO)[C@H]1Cc1ccnc(C2CC2)n1. The van der Waals surface area contributed by atoms with E-state index in [0.717, 1.165) is 30.9 Å². The van der Waals surface area contributed by atoms with Gasteiger partial charge in [-0.3, -0.25) is 0 Å². The molecular formula is C20H33N3O2. The van der Waals surface area contributed by atoms with Crippen LogP contribution < -0.4 is 5.32 Å². The predicted molar refractivity (Wildman–Crippen MR) is 98.3 cm³/mol. The van der Waals surface area contributed by atoms with Crippen LogP contribution in [0.1, 0.15) is 63.9 Å². The monoisotopic (exact) mass is 347 g/mol. The van der Waals surface area contributed by atoms with Gasteiger partial charge < -0.3 is 15.5 Å². The fraction of sp³-hybridized carbons (Fsp3) is 0.800. The highest BCUT2D eigenvalue weighted by molar-refractivity contribution is 5.12. The molecule has 0 spiro atoms. The molecule has 0 radical (unpaired) electrons. The molecule has 2 aliphatic rings. The molecule has 5 heteroatoms. The van der Waals surface area contributed by atoms with Crippen molar-refractivity contribution in [1.82, 2.24) is 15.3 Å². The van der Waals surface area contributed by atoms with Crippen LogP contribution in [0.4, 0.5) is 0 Å². The van der Waals surface area contributed by atoms with E-state index in [1.807, 2.05) is 12.3 Å². The third-order valence-corrected chi connectivity index (χ3v) is 5.67. The van der Waals surface area contributed by atoms with Crippen molar-refractivity contribution < 1.29 is 10.2 Å². The highest BCUT2D eigenvalue weighted by atomic mass is 16.3. The summed E-state index contributed by atoms with van der Waals surface area (Å²) in [6, 6.07) is 2.21. The Morgan fingerprint density at radius 2 is 2.00 bits per heavy atom. The maximum Gasteiger partial charge on any atom is 0.131 e. The van der Waals surface area contributed by atoms with E-state index in [0.29, 0.717) is 17.8 Å². The van der Waals surface area contributed by atoms with Gasteiger partial charge in [-0.1, -0.05) is 20.8 Å². The normalized spacial score (nSPS) is 30.0. The standard InChI is InChI=1S/C20H33N3O2/c1-20(2,3)7-9-21-17-11-18(25)16(12-24)15(17)10-14-6-8-22-19(23-14)13-4-5-13/h6,8,13,15-18,21,24-25H,4-5,7,9-12H2,1-3H3/t15-,16-,17-,18-/m1/s1. The Morgan fingerprint density at radius 1 is 1.24 bits per heavy atom. The smallest absolute Gasteiger partial charge is 0.131 e. The first kappa shape index (κ1) is 18.7. The van der Waals surface area contributed by atoms with Gasteiger partial charge in [-0.15, -0.1) is 0 Å². The minimum Gasteiger partial charge on any atom is -0.396 e. The summed E-state index contributed by atoms with van der Waals surface area (Å²) in [6.45, 7) is 7.70. The zero-order chi connectivity index (χ0) is 18.0. The van der Waals surface area contributed by atoms with Crippen LogP contribution in [0.2, 0.25) is 0 Å². The molecule has 5 nitrogen and oxygen atoms in total. The van der Waals surface area contributed by atoms with Gasteiger partial charge >= 0.3 is 0 Å². The van der Waals surface area contributed by atoms with E-state index in [2.05, 4.69) is 31.1 Å². The Kier molecular flexibility index (Phi) is 5.76. The summed E-state index contributed by atoms with van der Waals surface area (Å²) < 4.78 is 0. The molecule has 140 valence electrons. The highest BCUT2D eigenvalue weighted by Gasteiger charge is 2.42. The lowest BCUT2D eigenvalue weighted by Gasteiger charge is -2.26. The Labute approximate surface area is 151 Å². The van der Waals surface area contributed by atoms with Gasteiger partial charge in [-0.2, -0.15) is 0 Å². The van der Waals surface area contributed by atoms with Crippen LogP contribution >= 0.6 is 0 Å². The molecule has 1 aromatic rings. The molecular weight excluding hydrogens is 314 g/mol. The van der Waals surface area contributed by atoms with Crippen molar-refractivity contribution in [2.75, 3.05) is 13.2 Å². The molecule has 0 aromatic carbocycles. The first-order valence-electron chi connectivity index (χ1n) is 9.71. The molecule has 3 N–H and O–H groups in total. The molecule has 0 bridgehead atoms. The van der Waals surface area contributed by atoms with Crippen molar-refractivity contribution in [3.8, 4) is 0 Å². The second kappa shape index (κ2) is 7.68. The summed E-state index contributed by atoms with van der Waals surface area (Å²) >= 11 is 0. The Hall–Kier alpha value is -1.04. The molecule has 0 aliphatic heterocycles. The quantitative estimate of drug-likeness (QED) is 0.705. The zero-order valence-electron chi connectivity index (χ0n) is 15.8. The maximum atomic E-state index is 10.4. The van der Waals surface area contributed by atoms with E-state index >= 15 is 0 Å². The van der Waals surface area contributed by atoms with Crippen molar-refractivity contribution in [1.29, 1.82) is 0 Å². The minimum atomic E-state index is -0.438. The molecule has 4 atom stereocenters. The molecule has 3 rings (SSSR count). The van der Waals surface area contributed by atoms with E-state index in [1.165, 1.54) is 12.8 Å². The number of rotatable bonds is 7. The lowest BCUT2D eigenvalue weighted by atomic mass is 9.88. The second-order valence-electron chi connectivity index (χ2n) is 9.07. The summed E-state index contributed by atoms with van der Waals surface area (Å²) in [4.78, 5) is 9.14. The fourth-order valence-electron chi connectivity index (χ4n) is 3.92. The molecule has 0 unspecified atom stereocenters. The van der Waals surface area contributed by atoms with Crippen LogP contribution in [-0.4, -0.2) is 45.5 Å². The van der Waals surface area contributed by atoms with Gasteiger partial charge in [0.25, 0.3) is 0 Å². The summed E-state index contributed by atoms with van der Waals surface area (Å²) in [5.41, 5.74) is 1.33. The number of aromatic nitrogens is 2. The second-order valence-corrected chi connectivity index (χ2v) is 9.07. The number of nitrogens with zero attached hydrogens (tertiary/aromatic N) is 2. The van der Waals surface area contributed by atoms with Crippen LogP contribution in [0.3, 0.4) is 0 Å². The Morgan fingerprint density at radius 3 is 2.64 bits per heavy atom. The van der Waals surface area contributed by atoms with Crippen molar-refractivity contribution >= 4 is 0 Å². The summed E-state index contributed by atoms with van der Waals surface area (Å²) in [6.07, 6.45) is 6.40. The highest BCUT2D eigenvalue weighted by Crippen LogP contribution is 2.38. The molecule has 2 fully saturated rings. The van der Waals surface area contributed by atoms with E-state index in [4.69, 9.17) is 4.98 Å². The first-order valence-corrected chi connectivity index (χ1v) is 9.71. The molecule has 0 saturated heterocycles. The Balaban J connectivity index is 1.66. The maximum absolute atomic E-state index is 10.4. The lowest BCUT2D eigenvalue weighted by Crippen LogP contribution is -2.38. The molecule has 1 aromatic heterocycles. The third kappa shape index (κ3) is 4.99. The van der Waals surface area contributed by atoms with E-state index in [1.54, 1.807) is 0 Å². The van der Waals surface area contributed by atoms with E-state index in [-0.39, 0.29) is 24.5 Å². The van der Waals surface area contributed by atoms with Gasteiger partial charge in [0.05, 0.1) is 6.10 Å². The molecule has 1 heterocycles. The van der Waals surface area contributed by atoms with Crippen LogP contribution in [0.15, 0.2) is 12.3 Å². The number of aliphatic hydroxyl groups is 2. The largest absolute Gasteiger partial charge is 0.396 e. The number of hydrogen-bond acceptors (Lipinski definition) is 5. The van der Waals surface area contributed by atoms with E-state index < -0.39 is 6.10 Å². The van der Waals surface area contributed by atoms with Crippen LogP contribution in [-0.2, 0) is 6.42 Å². The topological polar surface area (TPSA) is 78.3 Å². The van der Waals surface area contributed by atoms with Gasteiger partial charge in [-0.05, 0) is 56.0 Å². The molecule has 0 amide bonds. The average Bonchev–Trinajstić information content (AvgIpc) is 3.34. The third-order valence-electron chi connectivity index (χ3n) is 5.67. The summed E-state index contributed by atoms with van der Waals surface area (Å²) in [7, 11) is 0.